The number of anilines is 1. The maximum absolute atomic E-state index is 13.3. The van der Waals surface area contributed by atoms with E-state index < -0.39 is 11.6 Å². The topological polar surface area (TPSA) is 91.6 Å². The molecule has 0 saturated heterocycles. The zero-order chi connectivity index (χ0) is 24.1. The molecule has 8 nitrogen and oxygen atoms in total. The molecule has 1 N–H and O–H groups in total. The maximum atomic E-state index is 13.3. The molecule has 8 heteroatoms. The van der Waals surface area contributed by atoms with Gasteiger partial charge in [0.2, 0.25) is 5.91 Å². The normalized spacial score (nSPS) is 10.8. The number of amides is 1. The summed E-state index contributed by atoms with van der Waals surface area (Å²) in [5.74, 6) is 0.596. The quantitative estimate of drug-likeness (QED) is 0.437. The lowest BCUT2D eigenvalue weighted by atomic mass is 10.1. The summed E-state index contributed by atoms with van der Waals surface area (Å²) in [5.41, 5.74) is 1.03. The van der Waals surface area contributed by atoms with Gasteiger partial charge in [-0.05, 0) is 36.2 Å². The Morgan fingerprint density at radius 1 is 0.853 bits per heavy atom. The standard InChI is InChI=1S/C26H25N3O5/c1-33-22-13-12-19(16-23(22)34-2)27-24(30)17-29-21-11-7-6-10-20(21)25(31)28(26(29)32)15-14-18-8-4-3-5-9-18/h3-13,16H,14-15,17H2,1-2H3,(H,27,30). The average Bonchev–Trinajstić information content (AvgIpc) is 2.87. The van der Waals surface area contributed by atoms with Gasteiger partial charge >= 0.3 is 5.69 Å². The summed E-state index contributed by atoms with van der Waals surface area (Å²) in [7, 11) is 3.04. The minimum atomic E-state index is -0.526. The highest BCUT2D eigenvalue weighted by Gasteiger charge is 2.16. The number of para-hydroxylation sites is 1. The van der Waals surface area contributed by atoms with E-state index >= 15 is 0 Å². The van der Waals surface area contributed by atoms with Crippen LogP contribution in [-0.4, -0.2) is 29.3 Å². The second kappa shape index (κ2) is 10.1. The average molecular weight is 460 g/mol. The van der Waals surface area contributed by atoms with Crippen LogP contribution in [0.5, 0.6) is 11.5 Å². The highest BCUT2D eigenvalue weighted by molar-refractivity contribution is 5.92. The molecule has 0 spiro atoms. The van der Waals surface area contributed by atoms with Gasteiger partial charge in [0.15, 0.2) is 11.5 Å². The molecule has 0 unspecified atom stereocenters. The Bertz CT molecular complexity index is 1440. The molecule has 1 aromatic heterocycles. The van der Waals surface area contributed by atoms with E-state index in [1.165, 1.54) is 23.4 Å². The summed E-state index contributed by atoms with van der Waals surface area (Å²) in [6.45, 7) is -0.0386. The third-order valence-electron chi connectivity index (χ3n) is 5.57. The molecule has 0 bridgehead atoms. The predicted molar refractivity (Wildman–Crippen MR) is 131 cm³/mol. The number of ether oxygens (including phenoxy) is 2. The number of hydrogen-bond donors (Lipinski definition) is 1. The summed E-state index contributed by atoms with van der Waals surface area (Å²) < 4.78 is 13.0. The fraction of sp³-hybridized carbons (Fsp3) is 0.192. The van der Waals surface area contributed by atoms with Crippen molar-refractivity contribution in [1.29, 1.82) is 0 Å². The second-order valence-electron chi connectivity index (χ2n) is 7.70. The first kappa shape index (κ1) is 22.8. The zero-order valence-corrected chi connectivity index (χ0v) is 19.0. The van der Waals surface area contributed by atoms with Crippen molar-refractivity contribution in [2.45, 2.75) is 19.5 Å². The number of nitrogens with zero attached hydrogens (tertiary/aromatic N) is 2. The smallest absolute Gasteiger partial charge is 0.331 e. The van der Waals surface area contributed by atoms with E-state index in [-0.39, 0.29) is 18.6 Å². The van der Waals surface area contributed by atoms with Gasteiger partial charge in [-0.1, -0.05) is 42.5 Å². The van der Waals surface area contributed by atoms with Crippen LogP contribution in [0.15, 0.2) is 82.4 Å². The van der Waals surface area contributed by atoms with Gasteiger partial charge in [0.25, 0.3) is 5.56 Å². The third kappa shape index (κ3) is 4.71. The van der Waals surface area contributed by atoms with Crippen LogP contribution < -0.4 is 26.0 Å². The van der Waals surface area contributed by atoms with Crippen LogP contribution >= 0.6 is 0 Å². The van der Waals surface area contributed by atoms with E-state index in [0.29, 0.717) is 34.5 Å². The minimum Gasteiger partial charge on any atom is -0.493 e. The first-order valence-electron chi connectivity index (χ1n) is 10.8. The van der Waals surface area contributed by atoms with Gasteiger partial charge in [0, 0.05) is 18.3 Å². The summed E-state index contributed by atoms with van der Waals surface area (Å²) in [5, 5.41) is 3.16. The third-order valence-corrected chi connectivity index (χ3v) is 5.57. The van der Waals surface area contributed by atoms with Crippen molar-refractivity contribution in [3.8, 4) is 11.5 Å². The molecule has 0 atom stereocenters. The molecule has 0 saturated carbocycles. The number of carbonyl (C=O) groups excluding carboxylic acids is 1. The molecule has 1 amide bonds. The van der Waals surface area contributed by atoms with E-state index in [9.17, 15) is 14.4 Å². The van der Waals surface area contributed by atoms with Crippen molar-refractivity contribution < 1.29 is 14.3 Å². The number of aromatic nitrogens is 2. The fourth-order valence-electron chi connectivity index (χ4n) is 3.86. The molecule has 0 radical (unpaired) electrons. The Labute approximate surface area is 196 Å². The van der Waals surface area contributed by atoms with E-state index in [2.05, 4.69) is 5.32 Å². The van der Waals surface area contributed by atoms with Crippen molar-refractivity contribution in [2.75, 3.05) is 19.5 Å². The number of hydrogen-bond acceptors (Lipinski definition) is 5. The van der Waals surface area contributed by atoms with Gasteiger partial charge in [-0.3, -0.25) is 18.7 Å². The van der Waals surface area contributed by atoms with Crippen LogP contribution in [0.1, 0.15) is 5.56 Å². The van der Waals surface area contributed by atoms with Crippen molar-refractivity contribution in [2.24, 2.45) is 0 Å². The largest absolute Gasteiger partial charge is 0.493 e. The van der Waals surface area contributed by atoms with E-state index in [0.717, 1.165) is 5.56 Å². The van der Waals surface area contributed by atoms with Gasteiger partial charge < -0.3 is 14.8 Å². The Morgan fingerprint density at radius 3 is 2.29 bits per heavy atom. The van der Waals surface area contributed by atoms with E-state index in [4.69, 9.17) is 9.47 Å². The molecule has 3 aromatic carbocycles. The van der Waals surface area contributed by atoms with Crippen LogP contribution in [0.3, 0.4) is 0 Å². The Morgan fingerprint density at radius 2 is 1.56 bits per heavy atom. The van der Waals surface area contributed by atoms with Crippen LogP contribution in [0.2, 0.25) is 0 Å². The van der Waals surface area contributed by atoms with Crippen LogP contribution in [0.4, 0.5) is 5.69 Å². The molecule has 0 fully saturated rings. The molecular weight excluding hydrogens is 434 g/mol. The summed E-state index contributed by atoms with van der Waals surface area (Å²) in [4.78, 5) is 39.2. The second-order valence-corrected chi connectivity index (χ2v) is 7.70. The Hall–Kier alpha value is -4.33. The van der Waals surface area contributed by atoms with E-state index in [1.54, 1.807) is 42.5 Å². The van der Waals surface area contributed by atoms with Crippen LogP contribution in [-0.2, 0) is 24.3 Å². The SMILES string of the molecule is COc1ccc(NC(=O)Cn2c(=O)n(CCc3ccccc3)c(=O)c3ccccc32)cc1OC. The number of benzene rings is 3. The minimum absolute atomic E-state index is 0.212. The number of rotatable bonds is 8. The van der Waals surface area contributed by atoms with Gasteiger partial charge in [-0.25, -0.2) is 4.79 Å². The van der Waals surface area contributed by atoms with Crippen molar-refractivity contribution in [3.63, 3.8) is 0 Å². The fourth-order valence-corrected chi connectivity index (χ4v) is 3.86. The number of aryl methyl sites for hydroxylation is 1. The van der Waals surface area contributed by atoms with Crippen molar-refractivity contribution >= 4 is 22.5 Å². The molecule has 1 heterocycles. The van der Waals surface area contributed by atoms with E-state index in [1.807, 2.05) is 30.3 Å². The predicted octanol–water partition coefficient (Wildman–Crippen LogP) is 3.06. The summed E-state index contributed by atoms with van der Waals surface area (Å²) in [6.07, 6.45) is 0.520. The molecule has 0 aliphatic rings. The lowest BCUT2D eigenvalue weighted by Crippen LogP contribution is -2.42. The first-order chi connectivity index (χ1) is 16.5. The molecule has 4 rings (SSSR count). The summed E-state index contributed by atoms with van der Waals surface area (Å²) in [6, 6.07) is 21.4. The first-order valence-corrected chi connectivity index (χ1v) is 10.8. The number of nitrogens with one attached hydrogen (secondary N) is 1. The highest BCUT2D eigenvalue weighted by atomic mass is 16.5. The van der Waals surface area contributed by atoms with Crippen molar-refractivity contribution in [1.82, 2.24) is 9.13 Å². The lowest BCUT2D eigenvalue weighted by Gasteiger charge is -2.15. The highest BCUT2D eigenvalue weighted by Crippen LogP contribution is 2.29. The van der Waals surface area contributed by atoms with Gasteiger partial charge in [-0.15, -0.1) is 0 Å². The molecular formula is C26H25N3O5. The molecule has 0 aliphatic heterocycles. The molecule has 0 aliphatic carbocycles. The molecule has 34 heavy (non-hydrogen) atoms. The molecule has 174 valence electrons. The monoisotopic (exact) mass is 459 g/mol. The lowest BCUT2D eigenvalue weighted by molar-refractivity contribution is -0.116. The Kier molecular flexibility index (Phi) is 6.77. The van der Waals surface area contributed by atoms with Crippen LogP contribution in [0.25, 0.3) is 10.9 Å². The zero-order valence-electron chi connectivity index (χ0n) is 19.0. The Balaban J connectivity index is 1.65. The van der Waals surface area contributed by atoms with Gasteiger partial charge in [0.1, 0.15) is 6.54 Å². The number of fused-ring (bicyclic) bond motifs is 1. The van der Waals surface area contributed by atoms with Gasteiger partial charge in [0.05, 0.1) is 25.1 Å². The number of methoxy groups -OCH3 is 2. The van der Waals surface area contributed by atoms with Gasteiger partial charge in [-0.2, -0.15) is 0 Å². The number of carbonyl (C=O) groups is 1. The molecule has 4 aromatic rings. The maximum Gasteiger partial charge on any atom is 0.331 e. The summed E-state index contributed by atoms with van der Waals surface area (Å²) >= 11 is 0. The van der Waals surface area contributed by atoms with Crippen molar-refractivity contribution in [3.05, 3.63) is 99.2 Å². The van der Waals surface area contributed by atoms with Crippen LogP contribution in [0, 0.1) is 0 Å².